The molecular formula is C24H24N4O2. The van der Waals surface area contributed by atoms with Crippen LogP contribution in [0, 0.1) is 34.0 Å². The fourth-order valence-electron chi connectivity index (χ4n) is 3.25. The number of imidazole rings is 1. The lowest BCUT2D eigenvalue weighted by Gasteiger charge is -2.15. The lowest BCUT2D eigenvalue weighted by molar-refractivity contribution is -0.604. The number of aromatic nitrogens is 4. The van der Waals surface area contributed by atoms with Gasteiger partial charge in [0.15, 0.2) is 12.1 Å². The molecule has 0 aliphatic carbocycles. The highest BCUT2D eigenvalue weighted by Crippen LogP contribution is 2.34. The molecule has 0 saturated heterocycles. The SMILES string of the molecule is Cc1cc(C)c(Oc2nc(-[n+]3[c-]n(C)cc3)c(C)cc2C)cc1Oc1ccccn1. The minimum atomic E-state index is 0.540. The average Bonchev–Trinajstić information content (AvgIpc) is 3.14. The first-order chi connectivity index (χ1) is 14.4. The van der Waals surface area contributed by atoms with Gasteiger partial charge in [0, 0.05) is 30.9 Å². The van der Waals surface area contributed by atoms with Crippen LogP contribution in [0.4, 0.5) is 0 Å². The second-order valence-corrected chi connectivity index (χ2v) is 7.39. The minimum Gasteiger partial charge on any atom is -0.439 e. The van der Waals surface area contributed by atoms with Gasteiger partial charge in [-0.3, -0.25) is 0 Å². The van der Waals surface area contributed by atoms with Crippen LogP contribution < -0.4 is 14.0 Å². The predicted molar refractivity (Wildman–Crippen MR) is 113 cm³/mol. The largest absolute Gasteiger partial charge is 0.439 e. The number of pyridine rings is 2. The molecule has 0 aliphatic heterocycles. The van der Waals surface area contributed by atoms with Crippen molar-refractivity contribution >= 4 is 0 Å². The van der Waals surface area contributed by atoms with Gasteiger partial charge in [-0.25, -0.2) is 4.98 Å². The summed E-state index contributed by atoms with van der Waals surface area (Å²) in [5.41, 5.74) is 4.02. The normalized spacial score (nSPS) is 10.8. The Morgan fingerprint density at radius 1 is 0.900 bits per heavy atom. The standard InChI is InChI=1S/C24H24N4O2/c1-16-12-17(2)21(14-20(16)29-22-8-6-7-9-25-22)30-24-19(4)13-18(3)23(26-24)28-11-10-27(5)15-28/h6-14H,1-5H3. The van der Waals surface area contributed by atoms with E-state index in [9.17, 15) is 0 Å². The van der Waals surface area contributed by atoms with Crippen molar-refractivity contribution in [2.24, 2.45) is 7.05 Å². The molecule has 0 unspecified atom stereocenters. The number of nitrogens with zero attached hydrogens (tertiary/aromatic N) is 4. The van der Waals surface area contributed by atoms with E-state index < -0.39 is 0 Å². The van der Waals surface area contributed by atoms with Crippen molar-refractivity contribution in [2.45, 2.75) is 27.7 Å². The Bertz CT molecular complexity index is 1200. The first-order valence-corrected chi connectivity index (χ1v) is 9.73. The van der Waals surface area contributed by atoms with Gasteiger partial charge in [-0.15, -0.1) is 4.98 Å². The molecule has 0 spiro atoms. The van der Waals surface area contributed by atoms with Crippen LogP contribution >= 0.6 is 0 Å². The molecule has 0 radical (unpaired) electrons. The summed E-state index contributed by atoms with van der Waals surface area (Å²) < 4.78 is 15.9. The summed E-state index contributed by atoms with van der Waals surface area (Å²) in [5, 5.41) is 0. The number of hydrogen-bond donors (Lipinski definition) is 0. The van der Waals surface area contributed by atoms with Crippen LogP contribution in [0.15, 0.2) is 55.0 Å². The highest BCUT2D eigenvalue weighted by atomic mass is 16.5. The fourth-order valence-corrected chi connectivity index (χ4v) is 3.25. The lowest BCUT2D eigenvalue weighted by Crippen LogP contribution is -2.31. The molecule has 0 bridgehead atoms. The first-order valence-electron chi connectivity index (χ1n) is 9.73. The maximum Gasteiger partial charge on any atom is 0.288 e. The summed E-state index contributed by atoms with van der Waals surface area (Å²) in [5.74, 6) is 3.27. The van der Waals surface area contributed by atoms with Crippen LogP contribution in [0.1, 0.15) is 22.3 Å². The monoisotopic (exact) mass is 400 g/mol. The van der Waals surface area contributed by atoms with Crippen LogP contribution in [0.3, 0.4) is 0 Å². The number of hydrogen-bond acceptors (Lipinski definition) is 4. The second-order valence-electron chi connectivity index (χ2n) is 7.39. The molecule has 152 valence electrons. The van der Waals surface area contributed by atoms with Crippen LogP contribution in [0.2, 0.25) is 0 Å². The molecule has 3 aromatic heterocycles. The minimum absolute atomic E-state index is 0.540. The molecule has 4 rings (SSSR count). The van der Waals surface area contributed by atoms with E-state index in [4.69, 9.17) is 14.5 Å². The van der Waals surface area contributed by atoms with E-state index in [0.29, 0.717) is 23.3 Å². The van der Waals surface area contributed by atoms with Gasteiger partial charge < -0.3 is 18.6 Å². The third-order valence-corrected chi connectivity index (χ3v) is 4.79. The van der Waals surface area contributed by atoms with Crippen molar-refractivity contribution in [2.75, 3.05) is 0 Å². The average molecular weight is 400 g/mol. The molecule has 30 heavy (non-hydrogen) atoms. The molecule has 0 N–H and O–H groups in total. The molecule has 1 aromatic carbocycles. The maximum absolute atomic E-state index is 6.25. The van der Waals surface area contributed by atoms with E-state index >= 15 is 0 Å². The second kappa shape index (κ2) is 7.99. The summed E-state index contributed by atoms with van der Waals surface area (Å²) in [7, 11) is 1.93. The van der Waals surface area contributed by atoms with Gasteiger partial charge >= 0.3 is 0 Å². The molecule has 4 aromatic rings. The maximum atomic E-state index is 6.25. The van der Waals surface area contributed by atoms with Gasteiger partial charge in [-0.1, -0.05) is 12.1 Å². The van der Waals surface area contributed by atoms with E-state index in [0.717, 1.165) is 28.1 Å². The summed E-state index contributed by atoms with van der Waals surface area (Å²) in [6.07, 6.45) is 8.74. The van der Waals surface area contributed by atoms with Crippen molar-refractivity contribution in [1.29, 1.82) is 0 Å². The summed E-state index contributed by atoms with van der Waals surface area (Å²) >= 11 is 0. The van der Waals surface area contributed by atoms with E-state index in [1.165, 1.54) is 0 Å². The summed E-state index contributed by atoms with van der Waals surface area (Å²) in [6, 6.07) is 11.6. The van der Waals surface area contributed by atoms with Crippen molar-refractivity contribution in [1.82, 2.24) is 14.5 Å². The highest BCUT2D eigenvalue weighted by molar-refractivity contribution is 5.49. The zero-order chi connectivity index (χ0) is 21.3. The van der Waals surface area contributed by atoms with Crippen LogP contribution in [0.25, 0.3) is 5.82 Å². The van der Waals surface area contributed by atoms with E-state index in [1.54, 1.807) is 6.20 Å². The zero-order valence-electron chi connectivity index (χ0n) is 17.8. The topological polar surface area (TPSA) is 53.0 Å². The number of benzene rings is 1. The highest BCUT2D eigenvalue weighted by Gasteiger charge is 2.16. The molecule has 6 nitrogen and oxygen atoms in total. The Labute approximate surface area is 176 Å². The third kappa shape index (κ3) is 4.03. The number of rotatable bonds is 5. The molecule has 0 atom stereocenters. The Hall–Kier alpha value is -3.67. The fraction of sp³-hybridized carbons (Fsp3) is 0.208. The van der Waals surface area contributed by atoms with Gasteiger partial charge in [0.25, 0.3) is 5.88 Å². The molecule has 6 heteroatoms. The Kier molecular flexibility index (Phi) is 5.23. The predicted octanol–water partition coefficient (Wildman–Crippen LogP) is 4.71. The van der Waals surface area contributed by atoms with Gasteiger partial charge in [-0.05, 0) is 68.9 Å². The molecule has 0 saturated carbocycles. The van der Waals surface area contributed by atoms with Gasteiger partial charge in [0.2, 0.25) is 5.88 Å². The molecule has 0 fully saturated rings. The smallest absolute Gasteiger partial charge is 0.288 e. The Balaban J connectivity index is 1.69. The lowest BCUT2D eigenvalue weighted by atomic mass is 10.1. The molecular weight excluding hydrogens is 376 g/mol. The third-order valence-electron chi connectivity index (χ3n) is 4.79. The van der Waals surface area contributed by atoms with E-state index in [-0.39, 0.29) is 0 Å². The summed E-state index contributed by atoms with van der Waals surface area (Å²) in [6.45, 7) is 8.04. The van der Waals surface area contributed by atoms with Gasteiger partial charge in [0.05, 0.1) is 0 Å². The molecule has 0 aliphatic rings. The van der Waals surface area contributed by atoms with Crippen molar-refractivity contribution in [3.05, 3.63) is 83.6 Å². The van der Waals surface area contributed by atoms with Gasteiger partial charge in [-0.2, -0.15) is 0 Å². The van der Waals surface area contributed by atoms with Crippen LogP contribution in [-0.2, 0) is 7.05 Å². The van der Waals surface area contributed by atoms with Crippen LogP contribution in [0.5, 0.6) is 23.3 Å². The number of ether oxygens (including phenoxy) is 2. The van der Waals surface area contributed by atoms with E-state index in [1.807, 2.05) is 86.6 Å². The van der Waals surface area contributed by atoms with Crippen molar-refractivity contribution in [3.63, 3.8) is 0 Å². The Morgan fingerprint density at radius 3 is 2.30 bits per heavy atom. The Morgan fingerprint density at radius 2 is 1.63 bits per heavy atom. The van der Waals surface area contributed by atoms with Crippen LogP contribution in [-0.4, -0.2) is 14.5 Å². The van der Waals surface area contributed by atoms with Crippen molar-refractivity contribution < 1.29 is 14.0 Å². The zero-order valence-corrected chi connectivity index (χ0v) is 17.8. The first kappa shape index (κ1) is 19.6. The summed E-state index contributed by atoms with van der Waals surface area (Å²) in [4.78, 5) is 9.01. The number of aryl methyl sites for hydroxylation is 5. The molecule has 0 amide bonds. The quantitative estimate of drug-likeness (QED) is 0.360. The van der Waals surface area contributed by atoms with E-state index in [2.05, 4.69) is 17.4 Å². The van der Waals surface area contributed by atoms with Crippen molar-refractivity contribution in [3.8, 4) is 29.1 Å². The molecule has 3 heterocycles. The van der Waals surface area contributed by atoms with Gasteiger partial charge in [0.1, 0.15) is 11.5 Å².